The Labute approximate surface area is 119 Å². The van der Waals surface area contributed by atoms with Crippen LogP contribution in [0.15, 0.2) is 24.3 Å². The van der Waals surface area contributed by atoms with Gasteiger partial charge in [-0.15, -0.1) is 0 Å². The standard InChI is InChI=1S/C14H22N2O2S/c1-3-11-6-4-5-7-13(11)16-14(18)15-12(8-9-17)10-19-2/h4-7,12,17H,3,8-10H2,1-2H3,(H2,15,16,18). The van der Waals surface area contributed by atoms with Gasteiger partial charge in [-0.2, -0.15) is 11.8 Å². The van der Waals surface area contributed by atoms with Crippen LogP contribution in [0.25, 0.3) is 0 Å². The molecule has 1 rings (SSSR count). The Morgan fingerprint density at radius 1 is 1.42 bits per heavy atom. The number of carbonyl (C=O) groups is 1. The number of hydrogen-bond donors (Lipinski definition) is 3. The smallest absolute Gasteiger partial charge is 0.319 e. The molecule has 0 aromatic heterocycles. The Balaban J connectivity index is 2.58. The third-order valence-electron chi connectivity index (χ3n) is 2.83. The number of anilines is 1. The number of amides is 2. The van der Waals surface area contributed by atoms with E-state index in [1.54, 1.807) is 11.8 Å². The van der Waals surface area contributed by atoms with Gasteiger partial charge in [0.1, 0.15) is 0 Å². The predicted molar refractivity (Wildman–Crippen MR) is 81.8 cm³/mol. The van der Waals surface area contributed by atoms with Crippen LogP contribution in [-0.2, 0) is 6.42 Å². The monoisotopic (exact) mass is 282 g/mol. The minimum atomic E-state index is -0.214. The number of thioether (sulfide) groups is 1. The van der Waals surface area contributed by atoms with Gasteiger partial charge in [0, 0.05) is 24.1 Å². The second kappa shape index (κ2) is 8.82. The van der Waals surface area contributed by atoms with Crippen LogP contribution in [0, 0.1) is 0 Å². The molecule has 4 nitrogen and oxygen atoms in total. The van der Waals surface area contributed by atoms with E-state index >= 15 is 0 Å². The fourth-order valence-corrected chi connectivity index (χ4v) is 2.50. The summed E-state index contributed by atoms with van der Waals surface area (Å²) in [6, 6.07) is 7.55. The average molecular weight is 282 g/mol. The van der Waals surface area contributed by atoms with Crippen molar-refractivity contribution in [2.45, 2.75) is 25.8 Å². The van der Waals surface area contributed by atoms with E-state index in [4.69, 9.17) is 5.11 Å². The van der Waals surface area contributed by atoms with Crippen molar-refractivity contribution in [2.24, 2.45) is 0 Å². The maximum atomic E-state index is 11.9. The third-order valence-corrected chi connectivity index (χ3v) is 3.56. The number of nitrogens with one attached hydrogen (secondary N) is 2. The summed E-state index contributed by atoms with van der Waals surface area (Å²) in [6.45, 7) is 2.14. The van der Waals surface area contributed by atoms with E-state index in [0.29, 0.717) is 6.42 Å². The van der Waals surface area contributed by atoms with E-state index in [1.165, 1.54) is 0 Å². The maximum absolute atomic E-state index is 11.9. The van der Waals surface area contributed by atoms with Crippen LogP contribution in [0.1, 0.15) is 18.9 Å². The molecule has 0 saturated carbocycles. The average Bonchev–Trinajstić information content (AvgIpc) is 2.40. The van der Waals surface area contributed by atoms with Gasteiger partial charge in [-0.25, -0.2) is 4.79 Å². The van der Waals surface area contributed by atoms with E-state index in [0.717, 1.165) is 23.4 Å². The Kier molecular flexibility index (Phi) is 7.36. The highest BCUT2D eigenvalue weighted by Gasteiger charge is 2.12. The first-order chi connectivity index (χ1) is 9.21. The van der Waals surface area contributed by atoms with E-state index in [-0.39, 0.29) is 18.7 Å². The van der Waals surface area contributed by atoms with Crippen molar-refractivity contribution >= 4 is 23.5 Å². The lowest BCUT2D eigenvalue weighted by atomic mass is 10.1. The van der Waals surface area contributed by atoms with Crippen LogP contribution in [0.3, 0.4) is 0 Å². The Morgan fingerprint density at radius 3 is 2.79 bits per heavy atom. The number of benzene rings is 1. The van der Waals surface area contributed by atoms with Gasteiger partial charge in [0.25, 0.3) is 0 Å². The zero-order valence-corrected chi connectivity index (χ0v) is 12.3. The number of hydrogen-bond acceptors (Lipinski definition) is 3. The minimum absolute atomic E-state index is 0.00575. The molecule has 0 bridgehead atoms. The van der Waals surface area contributed by atoms with Crippen molar-refractivity contribution in [1.29, 1.82) is 0 Å². The highest BCUT2D eigenvalue weighted by Crippen LogP contribution is 2.15. The number of urea groups is 1. The molecule has 0 saturated heterocycles. The Bertz CT molecular complexity index is 393. The highest BCUT2D eigenvalue weighted by atomic mass is 32.2. The summed E-state index contributed by atoms with van der Waals surface area (Å²) in [5, 5.41) is 14.7. The molecule has 1 aromatic rings. The lowest BCUT2D eigenvalue weighted by Crippen LogP contribution is -2.40. The normalized spacial score (nSPS) is 11.9. The number of para-hydroxylation sites is 1. The molecule has 0 aliphatic heterocycles. The second-order valence-corrected chi connectivity index (χ2v) is 5.18. The van der Waals surface area contributed by atoms with Crippen molar-refractivity contribution in [2.75, 3.05) is 23.9 Å². The van der Waals surface area contributed by atoms with E-state index in [2.05, 4.69) is 17.6 Å². The van der Waals surface area contributed by atoms with Crippen molar-refractivity contribution in [1.82, 2.24) is 5.32 Å². The van der Waals surface area contributed by atoms with Gasteiger partial charge in [0.05, 0.1) is 0 Å². The summed E-state index contributed by atoms with van der Waals surface area (Å²) in [6.07, 6.45) is 3.43. The summed E-state index contributed by atoms with van der Waals surface area (Å²) in [5.74, 6) is 0.795. The van der Waals surface area contributed by atoms with E-state index in [1.807, 2.05) is 30.5 Å². The number of carbonyl (C=O) groups excluding carboxylic acids is 1. The Morgan fingerprint density at radius 2 is 2.16 bits per heavy atom. The predicted octanol–water partition coefficient (Wildman–Crippen LogP) is 2.48. The molecule has 0 heterocycles. The fraction of sp³-hybridized carbons (Fsp3) is 0.500. The molecule has 5 heteroatoms. The van der Waals surface area contributed by atoms with Crippen LogP contribution in [0.4, 0.5) is 10.5 Å². The molecule has 3 N–H and O–H groups in total. The maximum Gasteiger partial charge on any atom is 0.319 e. The number of aliphatic hydroxyl groups is 1. The van der Waals surface area contributed by atoms with Crippen molar-refractivity contribution < 1.29 is 9.90 Å². The van der Waals surface area contributed by atoms with Crippen LogP contribution in [0.2, 0.25) is 0 Å². The molecule has 0 radical (unpaired) electrons. The van der Waals surface area contributed by atoms with E-state index in [9.17, 15) is 4.79 Å². The summed E-state index contributed by atoms with van der Waals surface area (Å²) in [7, 11) is 0. The zero-order chi connectivity index (χ0) is 14.1. The molecular weight excluding hydrogens is 260 g/mol. The van der Waals surface area contributed by atoms with Gasteiger partial charge in [-0.3, -0.25) is 0 Å². The van der Waals surface area contributed by atoms with Crippen LogP contribution in [-0.4, -0.2) is 35.8 Å². The van der Waals surface area contributed by atoms with Gasteiger partial charge in [-0.05, 0) is 30.7 Å². The van der Waals surface area contributed by atoms with Crippen LogP contribution < -0.4 is 10.6 Å². The zero-order valence-electron chi connectivity index (χ0n) is 11.5. The second-order valence-electron chi connectivity index (χ2n) is 4.27. The van der Waals surface area contributed by atoms with Gasteiger partial charge in [0.15, 0.2) is 0 Å². The lowest BCUT2D eigenvalue weighted by Gasteiger charge is -2.18. The quantitative estimate of drug-likeness (QED) is 0.720. The third kappa shape index (κ3) is 5.53. The molecule has 0 aliphatic carbocycles. The molecule has 0 spiro atoms. The summed E-state index contributed by atoms with van der Waals surface area (Å²) in [5.41, 5.74) is 1.95. The number of rotatable bonds is 7. The summed E-state index contributed by atoms with van der Waals surface area (Å²) >= 11 is 1.65. The fourth-order valence-electron chi connectivity index (χ4n) is 1.85. The van der Waals surface area contributed by atoms with Crippen molar-refractivity contribution in [3.05, 3.63) is 29.8 Å². The van der Waals surface area contributed by atoms with Gasteiger partial charge in [-0.1, -0.05) is 25.1 Å². The van der Waals surface area contributed by atoms with Gasteiger partial charge in [0.2, 0.25) is 0 Å². The van der Waals surface area contributed by atoms with E-state index < -0.39 is 0 Å². The van der Waals surface area contributed by atoms with Crippen molar-refractivity contribution in [3.63, 3.8) is 0 Å². The molecule has 0 aliphatic rings. The molecule has 106 valence electrons. The first-order valence-corrected chi connectivity index (χ1v) is 7.85. The largest absolute Gasteiger partial charge is 0.396 e. The molecule has 1 aromatic carbocycles. The Hall–Kier alpha value is -1.20. The minimum Gasteiger partial charge on any atom is -0.396 e. The SMILES string of the molecule is CCc1ccccc1NC(=O)NC(CCO)CSC. The number of aliphatic hydroxyl groups excluding tert-OH is 1. The topological polar surface area (TPSA) is 61.4 Å². The summed E-state index contributed by atoms with van der Waals surface area (Å²) in [4.78, 5) is 11.9. The molecule has 1 unspecified atom stereocenters. The molecular formula is C14H22N2O2S. The molecule has 1 atom stereocenters. The number of aryl methyl sites for hydroxylation is 1. The lowest BCUT2D eigenvalue weighted by molar-refractivity contribution is 0.241. The van der Waals surface area contributed by atoms with Crippen LogP contribution in [0.5, 0.6) is 0 Å². The first-order valence-electron chi connectivity index (χ1n) is 6.46. The van der Waals surface area contributed by atoms with Crippen molar-refractivity contribution in [3.8, 4) is 0 Å². The molecule has 19 heavy (non-hydrogen) atoms. The highest BCUT2D eigenvalue weighted by molar-refractivity contribution is 7.98. The molecule has 0 fully saturated rings. The summed E-state index contributed by atoms with van der Waals surface area (Å²) < 4.78 is 0. The van der Waals surface area contributed by atoms with Crippen LogP contribution >= 0.6 is 11.8 Å². The first kappa shape index (κ1) is 15.9. The molecule has 2 amide bonds. The van der Waals surface area contributed by atoms with Gasteiger partial charge < -0.3 is 15.7 Å². The van der Waals surface area contributed by atoms with Gasteiger partial charge >= 0.3 is 6.03 Å².